The third-order valence-corrected chi connectivity index (χ3v) is 4.50. The molecule has 110 valence electrons. The number of hydrogen-bond donors (Lipinski definition) is 1. The van der Waals surface area contributed by atoms with Crippen LogP contribution in [0.1, 0.15) is 51.9 Å². The molecule has 0 aliphatic heterocycles. The average molecular weight is 269 g/mol. The van der Waals surface area contributed by atoms with E-state index in [1.54, 1.807) is 7.11 Å². The van der Waals surface area contributed by atoms with Gasteiger partial charge in [-0.3, -0.25) is 4.79 Å². The van der Waals surface area contributed by atoms with E-state index in [4.69, 9.17) is 9.47 Å². The molecule has 0 bridgehead atoms. The lowest BCUT2D eigenvalue weighted by Crippen LogP contribution is -2.46. The van der Waals surface area contributed by atoms with E-state index in [0.29, 0.717) is 24.8 Å². The Morgan fingerprint density at radius 3 is 2.74 bits per heavy atom. The van der Waals surface area contributed by atoms with Gasteiger partial charge in [-0.2, -0.15) is 0 Å². The first-order valence-corrected chi connectivity index (χ1v) is 7.70. The second kappa shape index (κ2) is 7.25. The molecule has 0 aromatic rings. The summed E-state index contributed by atoms with van der Waals surface area (Å²) in [6.45, 7) is 2.36. The molecule has 0 aromatic carbocycles. The molecule has 0 aromatic heterocycles. The van der Waals surface area contributed by atoms with E-state index in [9.17, 15) is 4.79 Å². The molecule has 2 aliphatic carbocycles. The maximum absolute atomic E-state index is 11.8. The fourth-order valence-electron chi connectivity index (χ4n) is 3.52. The van der Waals surface area contributed by atoms with Gasteiger partial charge in [-0.15, -0.1) is 0 Å². The second-order valence-electron chi connectivity index (χ2n) is 5.79. The molecule has 4 atom stereocenters. The number of ether oxygens (including phenoxy) is 2. The Balaban J connectivity index is 1.82. The van der Waals surface area contributed by atoms with Crippen molar-refractivity contribution in [2.45, 2.75) is 70.1 Å². The molecule has 4 nitrogen and oxygen atoms in total. The van der Waals surface area contributed by atoms with Gasteiger partial charge in [0.05, 0.1) is 18.6 Å². The fourth-order valence-corrected chi connectivity index (χ4v) is 3.52. The van der Waals surface area contributed by atoms with E-state index < -0.39 is 0 Å². The van der Waals surface area contributed by atoms with Gasteiger partial charge in [0.25, 0.3) is 0 Å². The zero-order valence-corrected chi connectivity index (χ0v) is 12.2. The normalized spacial score (nSPS) is 35.3. The number of methoxy groups -OCH3 is 1. The molecule has 19 heavy (non-hydrogen) atoms. The van der Waals surface area contributed by atoms with Crippen molar-refractivity contribution in [2.75, 3.05) is 13.7 Å². The highest BCUT2D eigenvalue weighted by Crippen LogP contribution is 2.28. The van der Waals surface area contributed by atoms with E-state index >= 15 is 0 Å². The zero-order chi connectivity index (χ0) is 13.7. The summed E-state index contributed by atoms with van der Waals surface area (Å²) in [7, 11) is 1.80. The SMILES string of the molecule is CCOC(=O)C1CCCC(NC2CCCC2OC)C1. The third-order valence-electron chi connectivity index (χ3n) is 4.50. The Kier molecular flexibility index (Phi) is 5.64. The van der Waals surface area contributed by atoms with E-state index in [2.05, 4.69) is 5.32 Å². The highest BCUT2D eigenvalue weighted by atomic mass is 16.5. The van der Waals surface area contributed by atoms with Gasteiger partial charge in [0.1, 0.15) is 0 Å². The summed E-state index contributed by atoms with van der Waals surface area (Å²) in [4.78, 5) is 11.8. The number of esters is 1. The first kappa shape index (κ1) is 14.8. The molecular weight excluding hydrogens is 242 g/mol. The van der Waals surface area contributed by atoms with Crippen molar-refractivity contribution < 1.29 is 14.3 Å². The zero-order valence-electron chi connectivity index (χ0n) is 12.2. The van der Waals surface area contributed by atoms with Gasteiger partial charge in [0, 0.05) is 19.2 Å². The molecular formula is C15H27NO3. The highest BCUT2D eigenvalue weighted by Gasteiger charge is 2.33. The van der Waals surface area contributed by atoms with Crippen molar-refractivity contribution in [1.82, 2.24) is 5.32 Å². The van der Waals surface area contributed by atoms with Crippen LogP contribution < -0.4 is 5.32 Å². The first-order chi connectivity index (χ1) is 9.24. The Morgan fingerprint density at radius 1 is 1.21 bits per heavy atom. The molecule has 2 aliphatic rings. The second-order valence-corrected chi connectivity index (χ2v) is 5.79. The van der Waals surface area contributed by atoms with Crippen molar-refractivity contribution >= 4 is 5.97 Å². The monoisotopic (exact) mass is 269 g/mol. The van der Waals surface area contributed by atoms with Gasteiger partial charge in [0.15, 0.2) is 0 Å². The molecule has 0 spiro atoms. The van der Waals surface area contributed by atoms with Crippen LogP contribution in [0.15, 0.2) is 0 Å². The van der Waals surface area contributed by atoms with Crippen LogP contribution in [0.5, 0.6) is 0 Å². The Hall–Kier alpha value is -0.610. The average Bonchev–Trinajstić information content (AvgIpc) is 2.86. The van der Waals surface area contributed by atoms with Crippen LogP contribution in [0.2, 0.25) is 0 Å². The first-order valence-electron chi connectivity index (χ1n) is 7.70. The summed E-state index contributed by atoms with van der Waals surface area (Å²) in [5.41, 5.74) is 0. The maximum atomic E-state index is 11.8. The largest absolute Gasteiger partial charge is 0.466 e. The van der Waals surface area contributed by atoms with Crippen LogP contribution in [-0.4, -0.2) is 37.9 Å². The van der Waals surface area contributed by atoms with Crippen molar-refractivity contribution in [3.05, 3.63) is 0 Å². The molecule has 2 saturated carbocycles. The lowest BCUT2D eigenvalue weighted by molar-refractivity contribution is -0.149. The fraction of sp³-hybridized carbons (Fsp3) is 0.933. The van der Waals surface area contributed by atoms with Crippen LogP contribution in [0.4, 0.5) is 0 Å². The summed E-state index contributed by atoms with van der Waals surface area (Å²) in [6, 6.07) is 0.917. The maximum Gasteiger partial charge on any atom is 0.308 e. The van der Waals surface area contributed by atoms with Crippen molar-refractivity contribution in [2.24, 2.45) is 5.92 Å². The number of hydrogen-bond acceptors (Lipinski definition) is 4. The molecule has 0 radical (unpaired) electrons. The predicted octanol–water partition coefficient (Wildman–Crippen LogP) is 2.27. The van der Waals surface area contributed by atoms with Gasteiger partial charge in [-0.1, -0.05) is 6.42 Å². The van der Waals surface area contributed by atoms with Crippen molar-refractivity contribution in [1.29, 1.82) is 0 Å². The van der Waals surface area contributed by atoms with Crippen LogP contribution in [0.3, 0.4) is 0 Å². The molecule has 4 unspecified atom stereocenters. The third kappa shape index (κ3) is 3.93. The van der Waals surface area contributed by atoms with Crippen LogP contribution in [-0.2, 0) is 14.3 Å². The van der Waals surface area contributed by atoms with Gasteiger partial charge in [0.2, 0.25) is 0 Å². The molecule has 2 fully saturated rings. The minimum Gasteiger partial charge on any atom is -0.466 e. The Bertz CT molecular complexity index is 295. The van der Waals surface area contributed by atoms with Crippen LogP contribution in [0.25, 0.3) is 0 Å². The highest BCUT2D eigenvalue weighted by molar-refractivity contribution is 5.72. The minimum atomic E-state index is -0.0105. The predicted molar refractivity (Wildman–Crippen MR) is 74.0 cm³/mol. The van der Waals surface area contributed by atoms with Crippen molar-refractivity contribution in [3.8, 4) is 0 Å². The quantitative estimate of drug-likeness (QED) is 0.778. The summed E-state index contributed by atoms with van der Waals surface area (Å²) in [5, 5.41) is 3.71. The lowest BCUT2D eigenvalue weighted by Gasteiger charge is -2.32. The summed E-state index contributed by atoms with van der Waals surface area (Å²) in [5.74, 6) is 0.0808. The van der Waals surface area contributed by atoms with Gasteiger partial charge < -0.3 is 14.8 Å². The minimum absolute atomic E-state index is 0.0105. The van der Waals surface area contributed by atoms with E-state index in [1.807, 2.05) is 6.92 Å². The van der Waals surface area contributed by atoms with E-state index in [-0.39, 0.29) is 11.9 Å². The van der Waals surface area contributed by atoms with Gasteiger partial charge >= 0.3 is 5.97 Å². The molecule has 0 heterocycles. The molecule has 4 heteroatoms. The van der Waals surface area contributed by atoms with Gasteiger partial charge in [-0.05, 0) is 45.4 Å². The lowest BCUT2D eigenvalue weighted by atomic mass is 9.85. The standard InChI is InChI=1S/C15H27NO3/c1-3-19-15(17)11-6-4-7-12(10-11)16-13-8-5-9-14(13)18-2/h11-14,16H,3-10H2,1-2H3. The van der Waals surface area contributed by atoms with E-state index in [0.717, 1.165) is 25.7 Å². The topological polar surface area (TPSA) is 47.6 Å². The van der Waals surface area contributed by atoms with E-state index in [1.165, 1.54) is 19.3 Å². The van der Waals surface area contributed by atoms with Gasteiger partial charge in [-0.25, -0.2) is 0 Å². The Morgan fingerprint density at radius 2 is 2.00 bits per heavy atom. The summed E-state index contributed by atoms with van der Waals surface area (Å²) >= 11 is 0. The summed E-state index contributed by atoms with van der Waals surface area (Å²) < 4.78 is 10.7. The smallest absolute Gasteiger partial charge is 0.308 e. The molecule has 0 saturated heterocycles. The molecule has 1 N–H and O–H groups in total. The Labute approximate surface area is 116 Å². The van der Waals surface area contributed by atoms with Crippen LogP contribution >= 0.6 is 0 Å². The molecule has 0 amide bonds. The molecule has 2 rings (SSSR count). The van der Waals surface area contributed by atoms with Crippen molar-refractivity contribution in [3.63, 3.8) is 0 Å². The summed E-state index contributed by atoms with van der Waals surface area (Å²) in [6.07, 6.45) is 8.13. The number of nitrogens with one attached hydrogen (secondary N) is 1. The number of carbonyl (C=O) groups excluding carboxylic acids is 1. The number of rotatable bonds is 5. The number of carbonyl (C=O) groups is 1. The van der Waals surface area contributed by atoms with Crippen LogP contribution in [0, 0.1) is 5.92 Å².